The van der Waals surface area contributed by atoms with Gasteiger partial charge in [0.25, 0.3) is 5.91 Å². The molecule has 4 nitrogen and oxygen atoms in total. The average molecular weight is 181 g/mol. The van der Waals surface area contributed by atoms with Gasteiger partial charge in [-0.3, -0.25) is 20.6 Å². The fourth-order valence-electron chi connectivity index (χ4n) is 1.98. The number of carbonyl (C=O) groups is 1. The summed E-state index contributed by atoms with van der Waals surface area (Å²) in [7, 11) is 0. The Morgan fingerprint density at radius 1 is 1.15 bits per heavy atom. The van der Waals surface area contributed by atoms with E-state index in [1.165, 1.54) is 32.1 Å². The van der Waals surface area contributed by atoms with Crippen LogP contribution in [-0.4, -0.2) is 18.3 Å². The zero-order chi connectivity index (χ0) is 9.10. The topological polar surface area (TPSA) is 53.5 Å². The molecule has 1 heterocycles. The van der Waals surface area contributed by atoms with Crippen molar-refractivity contribution < 1.29 is 4.79 Å². The molecule has 0 saturated heterocycles. The molecule has 1 amide bonds. The highest BCUT2D eigenvalue weighted by Gasteiger charge is 2.21. The van der Waals surface area contributed by atoms with E-state index in [0.717, 1.165) is 5.84 Å². The molecule has 4 heteroatoms. The van der Waals surface area contributed by atoms with Crippen LogP contribution in [0.2, 0.25) is 0 Å². The van der Waals surface area contributed by atoms with Gasteiger partial charge in [-0.05, 0) is 12.8 Å². The summed E-state index contributed by atoms with van der Waals surface area (Å²) in [5.41, 5.74) is 5.50. The summed E-state index contributed by atoms with van der Waals surface area (Å²) in [4.78, 5) is 15.0. The van der Waals surface area contributed by atoms with Crippen LogP contribution in [0.1, 0.15) is 32.1 Å². The molecular weight excluding hydrogens is 166 g/mol. The van der Waals surface area contributed by atoms with Gasteiger partial charge in [0.1, 0.15) is 12.4 Å². The molecule has 0 aromatic rings. The van der Waals surface area contributed by atoms with E-state index in [2.05, 4.69) is 15.8 Å². The number of nitrogens with one attached hydrogen (secondary N) is 2. The normalized spacial score (nSPS) is 24.6. The molecule has 0 unspecified atom stereocenters. The summed E-state index contributed by atoms with van der Waals surface area (Å²) >= 11 is 0. The van der Waals surface area contributed by atoms with Crippen molar-refractivity contribution in [1.29, 1.82) is 0 Å². The highest BCUT2D eigenvalue weighted by atomic mass is 16.2. The first kappa shape index (κ1) is 8.53. The van der Waals surface area contributed by atoms with Crippen molar-refractivity contribution in [1.82, 2.24) is 10.9 Å². The smallest absolute Gasteiger partial charge is 0.260 e. The predicted molar refractivity (Wildman–Crippen MR) is 50.2 cm³/mol. The highest BCUT2D eigenvalue weighted by Crippen LogP contribution is 2.24. The van der Waals surface area contributed by atoms with Gasteiger partial charge in [0, 0.05) is 5.92 Å². The molecule has 72 valence electrons. The van der Waals surface area contributed by atoms with Crippen molar-refractivity contribution in [3.8, 4) is 0 Å². The van der Waals surface area contributed by atoms with Crippen molar-refractivity contribution in [2.45, 2.75) is 32.1 Å². The van der Waals surface area contributed by atoms with Gasteiger partial charge >= 0.3 is 0 Å². The minimum absolute atomic E-state index is 0.0421. The van der Waals surface area contributed by atoms with Crippen LogP contribution in [0.5, 0.6) is 0 Å². The summed E-state index contributed by atoms with van der Waals surface area (Å²) < 4.78 is 0. The van der Waals surface area contributed by atoms with Crippen LogP contribution in [0.3, 0.4) is 0 Å². The van der Waals surface area contributed by atoms with E-state index in [1.54, 1.807) is 0 Å². The third-order valence-electron chi connectivity index (χ3n) is 2.71. The predicted octanol–water partition coefficient (Wildman–Crippen LogP) is 0.600. The van der Waals surface area contributed by atoms with Crippen LogP contribution >= 0.6 is 0 Å². The first-order chi connectivity index (χ1) is 6.36. The lowest BCUT2D eigenvalue weighted by Crippen LogP contribution is -2.49. The molecule has 2 aliphatic rings. The number of aliphatic imine (C=N–C) groups is 1. The fourth-order valence-corrected chi connectivity index (χ4v) is 1.98. The fraction of sp³-hybridized carbons (Fsp3) is 0.778. The van der Waals surface area contributed by atoms with Gasteiger partial charge in [-0.25, -0.2) is 0 Å². The van der Waals surface area contributed by atoms with E-state index in [-0.39, 0.29) is 5.91 Å². The Hall–Kier alpha value is -1.06. The van der Waals surface area contributed by atoms with E-state index in [0.29, 0.717) is 12.5 Å². The largest absolute Gasteiger partial charge is 0.285 e. The van der Waals surface area contributed by atoms with Crippen molar-refractivity contribution in [2.75, 3.05) is 6.54 Å². The second kappa shape index (κ2) is 3.77. The minimum Gasteiger partial charge on any atom is -0.285 e. The molecule has 0 atom stereocenters. The Morgan fingerprint density at radius 2 is 1.92 bits per heavy atom. The quantitative estimate of drug-likeness (QED) is 0.622. The number of amidine groups is 1. The summed E-state index contributed by atoms with van der Waals surface area (Å²) in [6.45, 7) is 0.291. The summed E-state index contributed by atoms with van der Waals surface area (Å²) in [6, 6.07) is 0. The van der Waals surface area contributed by atoms with Crippen LogP contribution in [0.25, 0.3) is 0 Å². The second-order valence-corrected chi connectivity index (χ2v) is 3.71. The van der Waals surface area contributed by atoms with Crippen LogP contribution in [0.4, 0.5) is 0 Å². The lowest BCUT2D eigenvalue weighted by atomic mass is 9.88. The monoisotopic (exact) mass is 181 g/mol. The first-order valence-electron chi connectivity index (χ1n) is 4.95. The zero-order valence-electron chi connectivity index (χ0n) is 7.68. The van der Waals surface area contributed by atoms with Gasteiger partial charge in [0.15, 0.2) is 0 Å². The van der Waals surface area contributed by atoms with Gasteiger partial charge in [-0.2, -0.15) is 0 Å². The molecule has 1 aliphatic heterocycles. The molecule has 2 rings (SSSR count). The number of hydrogen-bond acceptors (Lipinski definition) is 3. The van der Waals surface area contributed by atoms with Crippen LogP contribution < -0.4 is 10.9 Å². The summed E-state index contributed by atoms with van der Waals surface area (Å²) in [5, 5.41) is 0. The second-order valence-electron chi connectivity index (χ2n) is 3.71. The molecule has 0 bridgehead atoms. The summed E-state index contributed by atoms with van der Waals surface area (Å²) in [5.74, 6) is 1.49. The van der Waals surface area contributed by atoms with Crippen LogP contribution in [-0.2, 0) is 4.79 Å². The van der Waals surface area contributed by atoms with Crippen LogP contribution in [0, 0.1) is 5.92 Å². The molecule has 2 N–H and O–H groups in total. The van der Waals surface area contributed by atoms with Crippen LogP contribution in [0.15, 0.2) is 4.99 Å². The Morgan fingerprint density at radius 3 is 2.54 bits per heavy atom. The lowest BCUT2D eigenvalue weighted by Gasteiger charge is -2.26. The Labute approximate surface area is 77.8 Å². The third kappa shape index (κ3) is 1.99. The molecule has 0 spiro atoms. The van der Waals surface area contributed by atoms with E-state index >= 15 is 0 Å². The Balaban J connectivity index is 1.95. The number of hydrazine groups is 1. The number of amides is 1. The molecule has 1 saturated carbocycles. The standard InChI is InChI=1S/C9H15N3O/c13-8-6-10-9(12-11-8)7-4-2-1-3-5-7/h7H,1-6H2,(H,10,12)(H,11,13). The number of carbonyl (C=O) groups excluding carboxylic acids is 1. The molecule has 13 heavy (non-hydrogen) atoms. The lowest BCUT2D eigenvalue weighted by molar-refractivity contribution is -0.120. The molecule has 0 aromatic heterocycles. The molecule has 1 fully saturated rings. The third-order valence-corrected chi connectivity index (χ3v) is 2.71. The van der Waals surface area contributed by atoms with Gasteiger partial charge in [0.05, 0.1) is 0 Å². The minimum atomic E-state index is -0.0421. The van der Waals surface area contributed by atoms with E-state index in [1.807, 2.05) is 0 Å². The first-order valence-corrected chi connectivity index (χ1v) is 4.95. The molecule has 0 radical (unpaired) electrons. The van der Waals surface area contributed by atoms with Gasteiger partial charge in [-0.15, -0.1) is 0 Å². The van der Waals surface area contributed by atoms with Crippen molar-refractivity contribution in [2.24, 2.45) is 10.9 Å². The Bertz CT molecular complexity index is 231. The van der Waals surface area contributed by atoms with E-state index < -0.39 is 0 Å². The Kier molecular flexibility index (Phi) is 2.47. The highest BCUT2D eigenvalue weighted by molar-refractivity contribution is 5.92. The van der Waals surface area contributed by atoms with Gasteiger partial charge in [0.2, 0.25) is 0 Å². The zero-order valence-corrected chi connectivity index (χ0v) is 7.68. The van der Waals surface area contributed by atoms with Gasteiger partial charge in [-0.1, -0.05) is 19.3 Å². The number of nitrogens with zero attached hydrogens (tertiary/aromatic N) is 1. The summed E-state index contributed by atoms with van der Waals surface area (Å²) in [6.07, 6.45) is 6.35. The molecular formula is C9H15N3O. The van der Waals surface area contributed by atoms with E-state index in [9.17, 15) is 4.79 Å². The maximum Gasteiger partial charge on any atom is 0.260 e. The van der Waals surface area contributed by atoms with E-state index in [4.69, 9.17) is 0 Å². The van der Waals surface area contributed by atoms with Gasteiger partial charge < -0.3 is 0 Å². The maximum atomic E-state index is 10.8. The van der Waals surface area contributed by atoms with Crippen molar-refractivity contribution >= 4 is 11.7 Å². The van der Waals surface area contributed by atoms with Crippen molar-refractivity contribution in [3.05, 3.63) is 0 Å². The van der Waals surface area contributed by atoms with Crippen molar-refractivity contribution in [3.63, 3.8) is 0 Å². The maximum absolute atomic E-state index is 10.8. The molecule has 0 aromatic carbocycles. The SMILES string of the molecule is O=C1CN=C(C2CCCCC2)NN1. The number of hydrogen-bond donors (Lipinski definition) is 2. The molecule has 1 aliphatic carbocycles. The average Bonchev–Trinajstić information content (AvgIpc) is 2.20. The number of rotatable bonds is 1.